The molecule has 2 aliphatic rings. The number of nitrogens with zero attached hydrogens (tertiary/aromatic N) is 2. The van der Waals surface area contributed by atoms with E-state index >= 15 is 0 Å². The molecular weight excluding hydrogens is 532 g/mol. The van der Waals surface area contributed by atoms with Crippen LogP contribution in [0, 0.1) is 11.8 Å². The minimum atomic E-state index is -0.0513. The van der Waals surface area contributed by atoms with Gasteiger partial charge >= 0.3 is 0 Å². The lowest BCUT2D eigenvalue weighted by Crippen LogP contribution is -2.39. The number of hydrogen-bond acceptors (Lipinski definition) is 8. The lowest BCUT2D eigenvalue weighted by atomic mass is 9.89. The largest absolute Gasteiger partial charge is 0.497 e. The zero-order valence-corrected chi connectivity index (χ0v) is 26.4. The summed E-state index contributed by atoms with van der Waals surface area (Å²) in [5.41, 5.74) is 1.14. The summed E-state index contributed by atoms with van der Waals surface area (Å²) in [7, 11) is 3.10. The molecule has 8 nitrogen and oxygen atoms in total. The molecule has 2 aliphatic heterocycles. The SMILES string of the molecule is CC.CCCN1CCCC(C(=O)c2cc(OC)cc(OOc3ccc(C(=O)C4CCCN(CCC)C4)cc3OC)c2)C1. The Morgan fingerprint density at radius 2 is 1.29 bits per heavy atom. The number of carbonyl (C=O) groups excluding carboxylic acids is 2. The molecule has 8 heteroatoms. The van der Waals surface area contributed by atoms with E-state index < -0.39 is 0 Å². The van der Waals surface area contributed by atoms with E-state index in [1.54, 1.807) is 43.5 Å². The van der Waals surface area contributed by atoms with Gasteiger partial charge in [0.2, 0.25) is 5.75 Å². The number of piperidine rings is 2. The molecule has 0 aromatic heterocycles. The average molecular weight is 583 g/mol. The summed E-state index contributed by atoms with van der Waals surface area (Å²) < 4.78 is 11.0. The Morgan fingerprint density at radius 1 is 0.714 bits per heavy atom. The topological polar surface area (TPSA) is 77.5 Å². The fourth-order valence-corrected chi connectivity index (χ4v) is 5.91. The fraction of sp³-hybridized carbons (Fsp3) is 0.588. The monoisotopic (exact) mass is 582 g/mol. The van der Waals surface area contributed by atoms with Crippen LogP contribution in [0.15, 0.2) is 36.4 Å². The highest BCUT2D eigenvalue weighted by Gasteiger charge is 2.28. The van der Waals surface area contributed by atoms with Crippen LogP contribution in [0.5, 0.6) is 23.0 Å². The average Bonchev–Trinajstić information content (AvgIpc) is 3.04. The van der Waals surface area contributed by atoms with Crippen molar-refractivity contribution >= 4 is 11.6 Å². The Labute approximate surface area is 252 Å². The molecule has 0 saturated carbocycles. The zero-order chi connectivity index (χ0) is 30.5. The third-order valence-corrected chi connectivity index (χ3v) is 7.91. The van der Waals surface area contributed by atoms with E-state index in [4.69, 9.17) is 19.2 Å². The number of hydrogen-bond donors (Lipinski definition) is 0. The first-order valence-corrected chi connectivity index (χ1v) is 15.7. The van der Waals surface area contributed by atoms with E-state index in [0.717, 1.165) is 77.8 Å². The molecule has 2 atom stereocenters. The smallest absolute Gasteiger partial charge is 0.220 e. The molecule has 4 rings (SSSR count). The third-order valence-electron chi connectivity index (χ3n) is 7.91. The lowest BCUT2D eigenvalue weighted by molar-refractivity contribution is -0.102. The standard InChI is InChI=1S/C32H44N2O6.C2H6/c1-5-13-33-15-7-9-24(21-33)31(35)23-11-12-29(30(19-23)38-4)40-39-28-18-26(17-27(20-28)37-3)32(36)25-10-8-16-34(22-25)14-6-2;1-2/h11-12,17-20,24-25H,5-10,13-16,21-22H2,1-4H3;1-2H3. The van der Waals surface area contributed by atoms with E-state index in [9.17, 15) is 9.59 Å². The molecule has 0 aliphatic carbocycles. The molecule has 232 valence electrons. The number of carbonyl (C=O) groups is 2. The number of ether oxygens (including phenoxy) is 2. The van der Waals surface area contributed by atoms with Crippen LogP contribution in [0.2, 0.25) is 0 Å². The molecule has 0 bridgehead atoms. The Bertz CT molecular complexity index is 1150. The van der Waals surface area contributed by atoms with Crippen LogP contribution in [0.25, 0.3) is 0 Å². The molecule has 2 aromatic carbocycles. The highest BCUT2D eigenvalue weighted by molar-refractivity contribution is 5.99. The van der Waals surface area contributed by atoms with Crippen molar-refractivity contribution in [1.29, 1.82) is 0 Å². The summed E-state index contributed by atoms with van der Waals surface area (Å²) in [6, 6.07) is 10.3. The predicted molar refractivity (Wildman–Crippen MR) is 166 cm³/mol. The van der Waals surface area contributed by atoms with Gasteiger partial charge in [-0.05, 0) is 95.0 Å². The second-order valence-corrected chi connectivity index (χ2v) is 10.9. The van der Waals surface area contributed by atoms with Crippen molar-refractivity contribution in [3.8, 4) is 23.0 Å². The van der Waals surface area contributed by atoms with Gasteiger partial charge in [-0.15, -0.1) is 0 Å². The molecule has 0 spiro atoms. The molecule has 2 fully saturated rings. The molecule has 2 heterocycles. The minimum Gasteiger partial charge on any atom is -0.497 e. The highest BCUT2D eigenvalue weighted by atomic mass is 17.2. The van der Waals surface area contributed by atoms with Crippen LogP contribution >= 0.6 is 0 Å². The molecule has 0 amide bonds. The maximum atomic E-state index is 13.4. The van der Waals surface area contributed by atoms with E-state index in [1.165, 1.54) is 7.11 Å². The number of rotatable bonds is 13. The van der Waals surface area contributed by atoms with Gasteiger partial charge in [-0.1, -0.05) is 27.7 Å². The summed E-state index contributed by atoms with van der Waals surface area (Å²) in [5, 5.41) is 0. The number of benzene rings is 2. The second-order valence-electron chi connectivity index (χ2n) is 10.9. The van der Waals surface area contributed by atoms with Gasteiger partial charge in [-0.25, -0.2) is 0 Å². The Morgan fingerprint density at radius 3 is 1.83 bits per heavy atom. The normalized spacial score (nSPS) is 19.3. The van der Waals surface area contributed by atoms with Gasteiger partial charge < -0.3 is 19.3 Å². The van der Waals surface area contributed by atoms with Crippen LogP contribution in [0.1, 0.15) is 86.9 Å². The van der Waals surface area contributed by atoms with Gasteiger partial charge in [0.1, 0.15) is 5.75 Å². The second kappa shape index (κ2) is 17.1. The molecular formula is C34H50N2O6. The zero-order valence-electron chi connectivity index (χ0n) is 26.4. The van der Waals surface area contributed by atoms with Gasteiger partial charge in [0, 0.05) is 42.1 Å². The number of methoxy groups -OCH3 is 2. The number of Topliss-reactive ketones (excluding diaryl/α,β-unsaturated/α-hetero) is 2. The van der Waals surface area contributed by atoms with Crippen LogP contribution in [0.4, 0.5) is 0 Å². The summed E-state index contributed by atoms with van der Waals surface area (Å²) in [6.45, 7) is 14.0. The number of ketones is 2. The Hall–Kier alpha value is -3.10. The van der Waals surface area contributed by atoms with Crippen molar-refractivity contribution in [2.24, 2.45) is 11.8 Å². The molecule has 2 unspecified atom stereocenters. The van der Waals surface area contributed by atoms with Gasteiger partial charge in [0.25, 0.3) is 0 Å². The van der Waals surface area contributed by atoms with Crippen molar-refractivity contribution < 1.29 is 28.8 Å². The van der Waals surface area contributed by atoms with E-state index in [2.05, 4.69) is 23.6 Å². The maximum Gasteiger partial charge on any atom is 0.220 e. The van der Waals surface area contributed by atoms with Gasteiger partial charge in [0.05, 0.1) is 14.2 Å². The summed E-state index contributed by atoms with van der Waals surface area (Å²) in [5.74, 6) is 1.77. The first kappa shape index (κ1) is 33.4. The Balaban J connectivity index is 0.00000237. The van der Waals surface area contributed by atoms with Crippen molar-refractivity contribution in [3.05, 3.63) is 47.5 Å². The van der Waals surface area contributed by atoms with Crippen molar-refractivity contribution in [2.45, 2.75) is 66.2 Å². The number of likely N-dealkylation sites (tertiary alicyclic amines) is 2. The maximum absolute atomic E-state index is 13.4. The summed E-state index contributed by atoms with van der Waals surface area (Å²) >= 11 is 0. The van der Waals surface area contributed by atoms with Crippen molar-refractivity contribution in [1.82, 2.24) is 9.80 Å². The van der Waals surface area contributed by atoms with Crippen LogP contribution in [-0.2, 0) is 0 Å². The van der Waals surface area contributed by atoms with E-state index in [-0.39, 0.29) is 23.4 Å². The summed E-state index contributed by atoms with van der Waals surface area (Å²) in [4.78, 5) is 42.7. The van der Waals surface area contributed by atoms with Crippen LogP contribution in [-0.4, -0.2) is 74.9 Å². The van der Waals surface area contributed by atoms with E-state index in [0.29, 0.717) is 34.1 Å². The van der Waals surface area contributed by atoms with Gasteiger partial charge in [-0.3, -0.25) is 19.4 Å². The molecule has 2 aromatic rings. The lowest BCUT2D eigenvalue weighted by Gasteiger charge is -2.31. The van der Waals surface area contributed by atoms with Crippen LogP contribution < -0.4 is 19.2 Å². The van der Waals surface area contributed by atoms with Crippen LogP contribution in [0.3, 0.4) is 0 Å². The first-order chi connectivity index (χ1) is 20.4. The predicted octanol–water partition coefficient (Wildman–Crippen LogP) is 6.71. The molecule has 0 N–H and O–H groups in total. The van der Waals surface area contributed by atoms with Gasteiger partial charge in [0.15, 0.2) is 23.1 Å². The third kappa shape index (κ3) is 8.95. The first-order valence-electron chi connectivity index (χ1n) is 15.7. The molecule has 2 saturated heterocycles. The fourth-order valence-electron chi connectivity index (χ4n) is 5.91. The Kier molecular flexibility index (Phi) is 13.6. The quantitative estimate of drug-likeness (QED) is 0.147. The summed E-state index contributed by atoms with van der Waals surface area (Å²) in [6.07, 6.45) is 5.99. The van der Waals surface area contributed by atoms with Crippen molar-refractivity contribution in [2.75, 3.05) is 53.5 Å². The molecule has 0 radical (unpaired) electrons. The van der Waals surface area contributed by atoms with Crippen molar-refractivity contribution in [3.63, 3.8) is 0 Å². The van der Waals surface area contributed by atoms with E-state index in [1.807, 2.05) is 13.8 Å². The molecule has 42 heavy (non-hydrogen) atoms. The highest BCUT2D eigenvalue weighted by Crippen LogP contribution is 2.33. The van der Waals surface area contributed by atoms with Gasteiger partial charge in [-0.2, -0.15) is 0 Å². The minimum absolute atomic E-state index is 0.0148.